The summed E-state index contributed by atoms with van der Waals surface area (Å²) < 4.78 is 29.4. The van der Waals surface area contributed by atoms with E-state index in [0.717, 1.165) is 12.1 Å². The number of aliphatic hydroxyl groups excluding tert-OH is 1. The maximum absolute atomic E-state index is 12.2. The summed E-state index contributed by atoms with van der Waals surface area (Å²) in [7, 11) is -3.91. The van der Waals surface area contributed by atoms with Crippen LogP contribution in [-0.2, 0) is 14.6 Å². The number of furan rings is 1. The van der Waals surface area contributed by atoms with Gasteiger partial charge in [-0.15, -0.1) is 0 Å². The molecule has 8 heteroatoms. The Morgan fingerprint density at radius 3 is 2.23 bits per heavy atom. The van der Waals surface area contributed by atoms with Gasteiger partial charge in [0.15, 0.2) is 5.76 Å². The van der Waals surface area contributed by atoms with Crippen molar-refractivity contribution in [2.45, 2.75) is 9.99 Å². The predicted octanol–water partition coefficient (Wildman–Crippen LogP) is 1.82. The third kappa shape index (κ3) is 3.07. The molecule has 114 valence electrons. The van der Waals surface area contributed by atoms with Crippen LogP contribution in [0.5, 0.6) is 0 Å². The summed E-state index contributed by atoms with van der Waals surface area (Å²) >= 11 is 0. The number of rotatable bonds is 5. The number of allylic oxidation sites excluding steroid dienone is 1. The Balaban J connectivity index is 2.35. The molecule has 1 aromatic heterocycles. The highest BCUT2D eigenvalue weighted by Gasteiger charge is 2.23. The number of aliphatic carboxylic acids is 1. The SMILES string of the molecule is O=C(O)C(O)=CC(=O)c1ccc(S(=O)(=O)c2ccccc2)o1. The van der Waals surface area contributed by atoms with Crippen LogP contribution in [0.25, 0.3) is 0 Å². The molecule has 0 amide bonds. The number of carbonyl (C=O) groups excluding carboxylic acids is 1. The van der Waals surface area contributed by atoms with Crippen LogP contribution in [0.4, 0.5) is 0 Å². The zero-order valence-corrected chi connectivity index (χ0v) is 11.8. The van der Waals surface area contributed by atoms with Crippen LogP contribution in [0.2, 0.25) is 0 Å². The first-order chi connectivity index (χ1) is 10.3. The summed E-state index contributed by atoms with van der Waals surface area (Å²) in [6.07, 6.45) is 0.431. The molecule has 1 aromatic carbocycles. The topological polar surface area (TPSA) is 122 Å². The van der Waals surface area contributed by atoms with Crippen molar-refractivity contribution in [3.63, 3.8) is 0 Å². The van der Waals surface area contributed by atoms with Gasteiger partial charge in [-0.2, -0.15) is 0 Å². The maximum Gasteiger partial charge on any atom is 0.371 e. The molecular weight excluding hydrogens is 312 g/mol. The van der Waals surface area contributed by atoms with Gasteiger partial charge < -0.3 is 14.6 Å². The predicted molar refractivity (Wildman–Crippen MR) is 73.3 cm³/mol. The number of ketones is 1. The molecule has 0 unspecified atom stereocenters. The highest BCUT2D eigenvalue weighted by Crippen LogP contribution is 2.23. The van der Waals surface area contributed by atoms with Gasteiger partial charge in [-0.25, -0.2) is 13.2 Å². The molecule has 0 aliphatic heterocycles. The van der Waals surface area contributed by atoms with Gasteiger partial charge in [0.05, 0.1) is 4.90 Å². The number of benzene rings is 1. The van der Waals surface area contributed by atoms with Crippen molar-refractivity contribution in [1.29, 1.82) is 0 Å². The third-order valence-electron chi connectivity index (χ3n) is 2.63. The highest BCUT2D eigenvalue weighted by atomic mass is 32.2. The number of carboxylic acids is 1. The molecule has 22 heavy (non-hydrogen) atoms. The second kappa shape index (κ2) is 5.86. The smallest absolute Gasteiger partial charge is 0.371 e. The lowest BCUT2D eigenvalue weighted by Gasteiger charge is -2.00. The highest BCUT2D eigenvalue weighted by molar-refractivity contribution is 7.91. The van der Waals surface area contributed by atoms with Gasteiger partial charge in [-0.05, 0) is 24.3 Å². The third-order valence-corrected chi connectivity index (χ3v) is 4.27. The van der Waals surface area contributed by atoms with E-state index in [2.05, 4.69) is 0 Å². The minimum absolute atomic E-state index is 0.00715. The number of carbonyl (C=O) groups is 2. The van der Waals surface area contributed by atoms with Gasteiger partial charge >= 0.3 is 5.97 Å². The summed E-state index contributed by atoms with van der Waals surface area (Å²) in [4.78, 5) is 22.1. The van der Waals surface area contributed by atoms with Gasteiger partial charge in [0.2, 0.25) is 26.5 Å². The first-order valence-electron chi connectivity index (χ1n) is 5.90. The van der Waals surface area contributed by atoms with Crippen LogP contribution in [0.15, 0.2) is 68.7 Å². The van der Waals surface area contributed by atoms with Crippen LogP contribution in [0, 0.1) is 0 Å². The van der Waals surface area contributed by atoms with E-state index in [1.165, 1.54) is 24.3 Å². The molecule has 0 saturated carbocycles. The Labute approximate surface area is 125 Å². The zero-order chi connectivity index (χ0) is 16.3. The van der Waals surface area contributed by atoms with Gasteiger partial charge in [0, 0.05) is 6.08 Å². The van der Waals surface area contributed by atoms with E-state index in [-0.39, 0.29) is 4.90 Å². The van der Waals surface area contributed by atoms with Gasteiger partial charge in [-0.1, -0.05) is 18.2 Å². The van der Waals surface area contributed by atoms with E-state index in [9.17, 15) is 18.0 Å². The number of sulfone groups is 1. The minimum Gasteiger partial charge on any atom is -0.502 e. The summed E-state index contributed by atoms with van der Waals surface area (Å²) in [6, 6.07) is 9.64. The van der Waals surface area contributed by atoms with E-state index >= 15 is 0 Å². The molecule has 0 fully saturated rings. The zero-order valence-electron chi connectivity index (χ0n) is 11.0. The monoisotopic (exact) mass is 322 g/mol. The molecule has 2 N–H and O–H groups in total. The molecular formula is C14H10O7S. The summed E-state index contributed by atoms with van der Waals surface area (Å²) in [5, 5.41) is 17.0. The van der Waals surface area contributed by atoms with Gasteiger partial charge in [0.25, 0.3) is 0 Å². The standard InChI is InChI=1S/C14H10O7S/c15-10(8-11(16)14(17)18)12-6-7-13(21-12)22(19,20)9-4-2-1-3-5-9/h1-8,16H,(H,17,18). The average Bonchev–Trinajstić information content (AvgIpc) is 2.98. The Hall–Kier alpha value is -2.87. The number of hydrogen-bond donors (Lipinski definition) is 2. The van der Waals surface area contributed by atoms with Gasteiger partial charge in [0.1, 0.15) is 0 Å². The van der Waals surface area contributed by atoms with Crippen LogP contribution in [0.3, 0.4) is 0 Å². The second-order valence-corrected chi connectivity index (χ2v) is 6.01. The Kier molecular flexibility index (Phi) is 4.13. The molecule has 1 heterocycles. The van der Waals surface area contributed by atoms with E-state index in [4.69, 9.17) is 14.6 Å². The average molecular weight is 322 g/mol. The van der Waals surface area contributed by atoms with Crippen molar-refractivity contribution < 1.29 is 32.6 Å². The largest absolute Gasteiger partial charge is 0.502 e. The van der Waals surface area contributed by atoms with Crippen LogP contribution in [-0.4, -0.2) is 30.4 Å². The van der Waals surface area contributed by atoms with Crippen molar-refractivity contribution in [3.05, 3.63) is 60.1 Å². The van der Waals surface area contributed by atoms with E-state index in [1.54, 1.807) is 6.07 Å². The lowest BCUT2D eigenvalue weighted by atomic mass is 10.2. The Morgan fingerprint density at radius 1 is 1.00 bits per heavy atom. The first kappa shape index (κ1) is 15.5. The molecule has 2 rings (SSSR count). The Morgan fingerprint density at radius 2 is 1.64 bits per heavy atom. The van der Waals surface area contributed by atoms with E-state index in [0.29, 0.717) is 6.08 Å². The summed E-state index contributed by atoms with van der Waals surface area (Å²) in [5.74, 6) is -4.22. The van der Waals surface area contributed by atoms with Crippen molar-refractivity contribution in [1.82, 2.24) is 0 Å². The van der Waals surface area contributed by atoms with Crippen molar-refractivity contribution in [3.8, 4) is 0 Å². The van der Waals surface area contributed by atoms with Crippen LogP contribution < -0.4 is 0 Å². The minimum atomic E-state index is -3.91. The quantitative estimate of drug-likeness (QED) is 0.489. The molecule has 0 aliphatic rings. The van der Waals surface area contributed by atoms with Crippen molar-refractivity contribution in [2.75, 3.05) is 0 Å². The molecule has 0 atom stereocenters. The van der Waals surface area contributed by atoms with Crippen molar-refractivity contribution in [2.24, 2.45) is 0 Å². The fourth-order valence-electron chi connectivity index (χ4n) is 1.57. The molecule has 0 radical (unpaired) electrons. The summed E-state index contributed by atoms with van der Waals surface area (Å²) in [6.45, 7) is 0. The fraction of sp³-hybridized carbons (Fsp3) is 0. The molecule has 0 bridgehead atoms. The molecule has 0 saturated heterocycles. The van der Waals surface area contributed by atoms with E-state index < -0.39 is 38.2 Å². The lowest BCUT2D eigenvalue weighted by Crippen LogP contribution is -2.03. The second-order valence-electron chi connectivity index (χ2n) is 4.13. The van der Waals surface area contributed by atoms with Crippen LogP contribution >= 0.6 is 0 Å². The Bertz CT molecular complexity index is 844. The molecule has 2 aromatic rings. The van der Waals surface area contributed by atoms with Crippen molar-refractivity contribution >= 4 is 21.6 Å². The summed E-state index contributed by atoms with van der Waals surface area (Å²) in [5.41, 5.74) is 0. The van der Waals surface area contributed by atoms with Crippen LogP contribution in [0.1, 0.15) is 10.6 Å². The molecule has 0 spiro atoms. The number of aliphatic hydroxyl groups is 1. The first-order valence-corrected chi connectivity index (χ1v) is 7.39. The molecule has 0 aliphatic carbocycles. The van der Waals surface area contributed by atoms with Gasteiger partial charge in [-0.3, -0.25) is 4.79 Å². The number of hydrogen-bond acceptors (Lipinski definition) is 6. The number of carboxylic acid groups (broad SMARTS) is 1. The maximum atomic E-state index is 12.2. The lowest BCUT2D eigenvalue weighted by molar-refractivity contribution is -0.135. The fourth-order valence-corrected chi connectivity index (χ4v) is 2.76. The normalized spacial score (nSPS) is 12.1. The molecule has 7 nitrogen and oxygen atoms in total. The van der Waals surface area contributed by atoms with E-state index in [1.807, 2.05) is 0 Å².